The molecule has 2 heterocycles. The van der Waals surface area contributed by atoms with Crippen molar-refractivity contribution in [2.75, 3.05) is 11.1 Å². The second-order valence-corrected chi connectivity index (χ2v) is 8.33. The Bertz CT molecular complexity index is 868. The summed E-state index contributed by atoms with van der Waals surface area (Å²) in [5.74, 6) is 0.588. The molecule has 0 aromatic heterocycles. The molecular weight excluding hydrogens is 344 g/mol. The fourth-order valence-electron chi connectivity index (χ4n) is 3.88. The highest BCUT2D eigenvalue weighted by Gasteiger charge is 2.56. The van der Waals surface area contributed by atoms with Crippen molar-refractivity contribution < 1.29 is 9.59 Å². The van der Waals surface area contributed by atoms with Crippen LogP contribution in [0.4, 0.5) is 5.69 Å². The summed E-state index contributed by atoms with van der Waals surface area (Å²) >= 11 is 1.71. The summed E-state index contributed by atoms with van der Waals surface area (Å²) in [7, 11) is 0. The molecule has 2 amide bonds. The Hall–Kier alpha value is -2.27. The summed E-state index contributed by atoms with van der Waals surface area (Å²) in [5, 5.41) is 3.01. The second kappa shape index (κ2) is 6.47. The van der Waals surface area contributed by atoms with Gasteiger partial charge in [-0.3, -0.25) is 9.59 Å². The van der Waals surface area contributed by atoms with Gasteiger partial charge >= 0.3 is 0 Å². The molecule has 4 nitrogen and oxygen atoms in total. The molecule has 0 spiro atoms. The second-order valence-electron chi connectivity index (χ2n) is 7.03. The summed E-state index contributed by atoms with van der Waals surface area (Å²) in [6.07, 6.45) is 1.25. The third kappa shape index (κ3) is 2.71. The molecule has 134 valence electrons. The topological polar surface area (TPSA) is 49.4 Å². The molecule has 2 saturated heterocycles. The molecule has 2 aromatic carbocycles. The van der Waals surface area contributed by atoms with Crippen LogP contribution in [0.5, 0.6) is 0 Å². The van der Waals surface area contributed by atoms with Crippen molar-refractivity contribution in [3.8, 4) is 0 Å². The number of hydrogen-bond donors (Lipinski definition) is 1. The number of carbonyl (C=O) groups excluding carboxylic acids is 2. The highest BCUT2D eigenvalue weighted by molar-refractivity contribution is 8.00. The number of benzene rings is 2. The fourth-order valence-corrected chi connectivity index (χ4v) is 5.53. The van der Waals surface area contributed by atoms with Gasteiger partial charge in [-0.05, 0) is 49.1 Å². The number of carbonyl (C=O) groups is 2. The normalized spacial score (nSPS) is 24.6. The maximum absolute atomic E-state index is 13.0. The molecule has 0 saturated carbocycles. The van der Waals surface area contributed by atoms with E-state index >= 15 is 0 Å². The first-order chi connectivity index (χ1) is 12.5. The fraction of sp³-hybridized carbons (Fsp3) is 0.333. The summed E-state index contributed by atoms with van der Waals surface area (Å²) in [4.78, 5) is 27.0. The molecule has 0 aliphatic carbocycles. The van der Waals surface area contributed by atoms with Gasteiger partial charge in [0.1, 0.15) is 10.9 Å². The van der Waals surface area contributed by atoms with E-state index in [0.717, 1.165) is 23.2 Å². The number of aryl methyl sites for hydroxylation is 2. The van der Waals surface area contributed by atoms with Crippen molar-refractivity contribution >= 4 is 29.3 Å². The average Bonchev–Trinajstić information content (AvgIpc) is 3.18. The lowest BCUT2D eigenvalue weighted by Gasteiger charge is -2.34. The molecule has 1 N–H and O–H groups in total. The van der Waals surface area contributed by atoms with Gasteiger partial charge in [0.15, 0.2) is 0 Å². The molecular formula is C21H22N2O2S. The Morgan fingerprint density at radius 3 is 2.65 bits per heavy atom. The number of hydrogen-bond acceptors (Lipinski definition) is 3. The zero-order valence-electron chi connectivity index (χ0n) is 15.0. The predicted octanol–water partition coefficient (Wildman–Crippen LogP) is 3.83. The largest absolute Gasteiger partial charge is 0.324 e. The molecule has 0 bridgehead atoms. The van der Waals surface area contributed by atoms with E-state index < -0.39 is 10.9 Å². The third-order valence-electron chi connectivity index (χ3n) is 5.43. The maximum Gasteiger partial charge on any atom is 0.248 e. The third-order valence-corrected chi connectivity index (χ3v) is 7.03. The van der Waals surface area contributed by atoms with Crippen LogP contribution in [-0.4, -0.2) is 28.5 Å². The number of thioether (sulfide) groups is 1. The first-order valence-electron chi connectivity index (χ1n) is 8.91. The van der Waals surface area contributed by atoms with Crippen LogP contribution in [-0.2, 0) is 14.5 Å². The molecule has 2 aliphatic rings. The zero-order valence-corrected chi connectivity index (χ0v) is 15.8. The van der Waals surface area contributed by atoms with Gasteiger partial charge in [0, 0.05) is 17.9 Å². The molecule has 2 atom stereocenters. The van der Waals surface area contributed by atoms with Crippen molar-refractivity contribution in [2.45, 2.75) is 37.6 Å². The molecule has 4 rings (SSSR count). The van der Waals surface area contributed by atoms with E-state index in [2.05, 4.69) is 17.4 Å². The summed E-state index contributed by atoms with van der Waals surface area (Å²) in [6.45, 7) is 4.08. The molecule has 0 unspecified atom stereocenters. The summed E-state index contributed by atoms with van der Waals surface area (Å²) < 4.78 is 0. The Morgan fingerprint density at radius 1 is 1.15 bits per heavy atom. The number of rotatable bonds is 3. The minimum absolute atomic E-state index is 0.0686. The summed E-state index contributed by atoms with van der Waals surface area (Å²) in [5.41, 5.74) is 4.22. The van der Waals surface area contributed by atoms with E-state index in [-0.39, 0.29) is 11.8 Å². The van der Waals surface area contributed by atoms with Crippen molar-refractivity contribution in [1.29, 1.82) is 0 Å². The van der Waals surface area contributed by atoms with E-state index in [0.29, 0.717) is 12.2 Å². The van der Waals surface area contributed by atoms with Gasteiger partial charge in [-0.1, -0.05) is 36.4 Å². The smallest absolute Gasteiger partial charge is 0.248 e. The van der Waals surface area contributed by atoms with Crippen LogP contribution in [0.25, 0.3) is 0 Å². The lowest BCUT2D eigenvalue weighted by molar-refractivity contribution is -0.136. The zero-order chi connectivity index (χ0) is 18.3. The maximum atomic E-state index is 13.0. The lowest BCUT2D eigenvalue weighted by Crippen LogP contribution is -2.48. The summed E-state index contributed by atoms with van der Waals surface area (Å²) in [6, 6.07) is 15.5. The van der Waals surface area contributed by atoms with Gasteiger partial charge in [0.25, 0.3) is 0 Å². The van der Waals surface area contributed by atoms with Crippen molar-refractivity contribution in [3.05, 3.63) is 65.2 Å². The van der Waals surface area contributed by atoms with Crippen LogP contribution in [0.2, 0.25) is 0 Å². The number of anilines is 1. The van der Waals surface area contributed by atoms with Crippen LogP contribution in [0, 0.1) is 13.8 Å². The van der Waals surface area contributed by atoms with E-state index in [1.54, 1.807) is 11.8 Å². The van der Waals surface area contributed by atoms with Crippen molar-refractivity contribution in [2.24, 2.45) is 0 Å². The van der Waals surface area contributed by atoms with E-state index in [4.69, 9.17) is 0 Å². The minimum Gasteiger partial charge on any atom is -0.324 e. The highest BCUT2D eigenvalue weighted by Crippen LogP contribution is 2.54. The SMILES string of the molecule is Cc1ccc(NC(=O)[C@@H]2CS[C@@]3(c4ccccc4)CCC(=O)N23)cc1C. The quantitative estimate of drug-likeness (QED) is 0.898. The number of nitrogens with zero attached hydrogens (tertiary/aromatic N) is 1. The number of fused-ring (bicyclic) bond motifs is 1. The van der Waals surface area contributed by atoms with Gasteiger partial charge < -0.3 is 10.2 Å². The monoisotopic (exact) mass is 366 g/mol. The van der Waals surface area contributed by atoms with Gasteiger partial charge in [0.2, 0.25) is 11.8 Å². The van der Waals surface area contributed by atoms with Gasteiger partial charge in [0.05, 0.1) is 0 Å². The highest BCUT2D eigenvalue weighted by atomic mass is 32.2. The lowest BCUT2D eigenvalue weighted by atomic mass is 10.0. The van der Waals surface area contributed by atoms with Gasteiger partial charge in [-0.25, -0.2) is 0 Å². The van der Waals surface area contributed by atoms with Gasteiger partial charge in [-0.15, -0.1) is 11.8 Å². The van der Waals surface area contributed by atoms with Crippen LogP contribution < -0.4 is 5.32 Å². The number of amides is 2. The van der Waals surface area contributed by atoms with E-state index in [1.165, 1.54) is 5.56 Å². The number of nitrogens with one attached hydrogen (secondary N) is 1. The molecule has 2 fully saturated rings. The van der Waals surface area contributed by atoms with Gasteiger partial charge in [-0.2, -0.15) is 0 Å². The van der Waals surface area contributed by atoms with Crippen LogP contribution >= 0.6 is 11.8 Å². The molecule has 2 aliphatic heterocycles. The molecule has 2 aromatic rings. The predicted molar refractivity (Wildman–Crippen MR) is 105 cm³/mol. The Kier molecular flexibility index (Phi) is 4.27. The first kappa shape index (κ1) is 17.2. The van der Waals surface area contributed by atoms with Crippen LogP contribution in [0.3, 0.4) is 0 Å². The Labute approximate surface area is 158 Å². The molecule has 5 heteroatoms. The van der Waals surface area contributed by atoms with Crippen molar-refractivity contribution in [3.63, 3.8) is 0 Å². The van der Waals surface area contributed by atoms with Crippen LogP contribution in [0.15, 0.2) is 48.5 Å². The Balaban J connectivity index is 1.60. The molecule has 26 heavy (non-hydrogen) atoms. The van der Waals surface area contributed by atoms with Crippen LogP contribution in [0.1, 0.15) is 29.5 Å². The van der Waals surface area contributed by atoms with E-state index in [1.807, 2.05) is 55.1 Å². The Morgan fingerprint density at radius 2 is 1.92 bits per heavy atom. The average molecular weight is 366 g/mol. The standard InChI is InChI=1S/C21H22N2O2S/c1-14-8-9-17(12-15(14)2)22-20(25)18-13-26-21(11-10-19(24)23(18)21)16-6-4-3-5-7-16/h3-9,12,18H,10-11,13H2,1-2H3,(H,22,25)/t18-,21+/m0/s1. The molecule has 0 radical (unpaired) electrons. The van der Waals surface area contributed by atoms with Crippen molar-refractivity contribution in [1.82, 2.24) is 4.90 Å². The first-order valence-corrected chi connectivity index (χ1v) is 9.89. The van der Waals surface area contributed by atoms with E-state index in [9.17, 15) is 9.59 Å². The minimum atomic E-state index is -0.434.